The van der Waals surface area contributed by atoms with Crippen molar-refractivity contribution in [2.45, 2.75) is 5.88 Å². The zero-order valence-electron chi connectivity index (χ0n) is 18.8. The quantitative estimate of drug-likeness (QED) is 0.464. The van der Waals surface area contributed by atoms with E-state index in [1.54, 1.807) is 14.2 Å². The highest BCUT2D eigenvalue weighted by Gasteiger charge is 2.23. The zero-order valence-corrected chi connectivity index (χ0v) is 19.5. The minimum Gasteiger partial charge on any atom is -0.494 e. The molecule has 0 spiro atoms. The van der Waals surface area contributed by atoms with Crippen molar-refractivity contribution in [1.29, 1.82) is 0 Å². The normalized spacial score (nSPS) is 15.1. The van der Waals surface area contributed by atoms with E-state index in [0.29, 0.717) is 28.7 Å². The van der Waals surface area contributed by atoms with E-state index >= 15 is 0 Å². The van der Waals surface area contributed by atoms with E-state index in [9.17, 15) is 0 Å². The Hall–Kier alpha value is -2.97. The third kappa shape index (κ3) is 3.34. The van der Waals surface area contributed by atoms with Gasteiger partial charge in [0.25, 0.3) is 0 Å². The minimum atomic E-state index is 0.298. The van der Waals surface area contributed by atoms with Crippen LogP contribution in [0.3, 0.4) is 0 Å². The molecule has 1 saturated heterocycles. The number of piperazine rings is 1. The van der Waals surface area contributed by atoms with Crippen molar-refractivity contribution >= 4 is 39.4 Å². The van der Waals surface area contributed by atoms with Gasteiger partial charge in [-0.2, -0.15) is 0 Å². The number of aryl methyl sites for hydroxylation is 1. The fourth-order valence-electron chi connectivity index (χ4n) is 4.42. The fraction of sp³-hybridized carbons (Fsp3) is 0.391. The minimum absolute atomic E-state index is 0.298. The van der Waals surface area contributed by atoms with Crippen molar-refractivity contribution in [3.8, 4) is 22.9 Å². The van der Waals surface area contributed by atoms with Gasteiger partial charge >= 0.3 is 0 Å². The summed E-state index contributed by atoms with van der Waals surface area (Å²) in [5.74, 6) is 3.10. The first-order valence-electron chi connectivity index (χ1n) is 10.6. The molecule has 0 bridgehead atoms. The summed E-state index contributed by atoms with van der Waals surface area (Å²) in [5.41, 5.74) is 5.45. The summed E-state index contributed by atoms with van der Waals surface area (Å²) in [4.78, 5) is 17.8. The molecule has 0 radical (unpaired) electrons. The van der Waals surface area contributed by atoms with Crippen LogP contribution < -0.4 is 14.4 Å². The summed E-state index contributed by atoms with van der Waals surface area (Å²) in [6, 6.07) is 8.33. The number of imidazole rings is 2. The average molecular weight is 455 g/mol. The molecule has 5 rings (SSSR count). The monoisotopic (exact) mass is 454 g/mol. The number of nitrogens with one attached hydrogen (secondary N) is 1. The average Bonchev–Trinajstić information content (AvgIpc) is 3.39. The molecule has 1 aliphatic rings. The Morgan fingerprint density at radius 3 is 2.50 bits per heavy atom. The smallest absolute Gasteiger partial charge is 0.157 e. The lowest BCUT2D eigenvalue weighted by Gasteiger charge is -2.34. The number of aromatic amines is 1. The maximum absolute atomic E-state index is 6.10. The number of nitrogens with zero attached hydrogens (tertiary/aromatic N) is 5. The van der Waals surface area contributed by atoms with Crippen LogP contribution in [0.15, 0.2) is 24.3 Å². The Labute approximate surface area is 191 Å². The number of methoxy groups -OCH3 is 2. The first-order valence-corrected chi connectivity index (χ1v) is 11.2. The molecule has 1 N–H and O–H groups in total. The summed E-state index contributed by atoms with van der Waals surface area (Å²) in [5, 5.41) is 0. The number of rotatable bonds is 5. The number of H-pyrrole nitrogens is 1. The molecule has 3 heterocycles. The lowest BCUT2D eigenvalue weighted by atomic mass is 10.1. The van der Waals surface area contributed by atoms with Crippen molar-refractivity contribution in [3.05, 3.63) is 30.1 Å². The van der Waals surface area contributed by atoms with Crippen molar-refractivity contribution in [3.63, 3.8) is 0 Å². The first kappa shape index (κ1) is 20.9. The van der Waals surface area contributed by atoms with Crippen molar-refractivity contribution in [2.75, 3.05) is 52.3 Å². The van der Waals surface area contributed by atoms with E-state index in [1.807, 2.05) is 17.7 Å². The largest absolute Gasteiger partial charge is 0.494 e. The van der Waals surface area contributed by atoms with E-state index < -0.39 is 0 Å². The number of hydrogen-bond acceptors (Lipinski definition) is 6. The van der Waals surface area contributed by atoms with Gasteiger partial charge in [-0.3, -0.25) is 0 Å². The number of alkyl halides is 1. The number of fused-ring (bicyclic) bond motifs is 2. The lowest BCUT2D eigenvalue weighted by molar-refractivity contribution is 0.313. The predicted molar refractivity (Wildman–Crippen MR) is 128 cm³/mol. The van der Waals surface area contributed by atoms with E-state index in [0.717, 1.165) is 54.1 Å². The standard InChI is InChI=1S/C23H27ClN6O2/c1-28-7-9-30(10-8-28)14-5-6-16-17(11-14)26-23(25-16)15-12-18(31-3)21-20(22(15)32-4)27-19(13-24)29(21)2/h5-6,11-12H,7-10,13H2,1-4H3,(H,25,26). The second-order valence-corrected chi connectivity index (χ2v) is 8.42. The van der Waals surface area contributed by atoms with Gasteiger partial charge in [-0.25, -0.2) is 9.97 Å². The number of aromatic nitrogens is 4. The summed E-state index contributed by atoms with van der Waals surface area (Å²) >= 11 is 6.10. The third-order valence-electron chi connectivity index (χ3n) is 6.29. The van der Waals surface area contributed by atoms with Crippen molar-refractivity contribution in [2.24, 2.45) is 7.05 Å². The Bertz CT molecular complexity index is 1290. The van der Waals surface area contributed by atoms with Crippen LogP contribution in [0, 0.1) is 0 Å². The van der Waals surface area contributed by atoms with E-state index in [-0.39, 0.29) is 0 Å². The van der Waals surface area contributed by atoms with Gasteiger partial charge in [0.05, 0.1) is 36.7 Å². The van der Waals surface area contributed by atoms with Gasteiger partial charge in [0.1, 0.15) is 28.4 Å². The molecule has 1 aliphatic heterocycles. The Morgan fingerprint density at radius 2 is 1.81 bits per heavy atom. The van der Waals surface area contributed by atoms with Crippen LogP contribution in [0.25, 0.3) is 33.5 Å². The van der Waals surface area contributed by atoms with Gasteiger partial charge in [0.2, 0.25) is 0 Å². The molecule has 0 saturated carbocycles. The van der Waals surface area contributed by atoms with Crippen LogP contribution in [0.2, 0.25) is 0 Å². The van der Waals surface area contributed by atoms with Gasteiger partial charge in [-0.05, 0) is 31.3 Å². The van der Waals surface area contributed by atoms with E-state index in [1.165, 1.54) is 5.69 Å². The Kier molecular flexibility index (Phi) is 5.35. The molecule has 9 heteroatoms. The van der Waals surface area contributed by atoms with Crippen LogP contribution >= 0.6 is 11.6 Å². The van der Waals surface area contributed by atoms with Crippen LogP contribution in [0.5, 0.6) is 11.5 Å². The number of likely N-dealkylation sites (N-methyl/N-ethyl adjacent to an activating group) is 1. The molecule has 8 nitrogen and oxygen atoms in total. The van der Waals surface area contributed by atoms with Crippen LogP contribution in [0.4, 0.5) is 5.69 Å². The second kappa shape index (κ2) is 8.18. The van der Waals surface area contributed by atoms with Gasteiger partial charge in [-0.15, -0.1) is 11.6 Å². The SMILES string of the molecule is COc1c(-c2nc3ccc(N4CCN(C)CC4)cc3[nH]2)cc(OC)c2c1nc(CCl)n2C. The van der Waals surface area contributed by atoms with Gasteiger partial charge in [-0.1, -0.05) is 0 Å². The van der Waals surface area contributed by atoms with Gasteiger partial charge < -0.3 is 28.8 Å². The Balaban J connectivity index is 1.62. The molecular formula is C23H27ClN6O2. The summed E-state index contributed by atoms with van der Waals surface area (Å²) in [7, 11) is 7.39. The molecule has 2 aromatic carbocycles. The van der Waals surface area contributed by atoms with E-state index in [4.69, 9.17) is 31.0 Å². The third-order valence-corrected chi connectivity index (χ3v) is 6.53. The number of ether oxygens (including phenoxy) is 2. The first-order chi connectivity index (χ1) is 15.5. The Morgan fingerprint density at radius 1 is 1.03 bits per heavy atom. The molecule has 2 aromatic heterocycles. The van der Waals surface area contributed by atoms with Gasteiger partial charge in [0.15, 0.2) is 5.75 Å². The van der Waals surface area contributed by atoms with E-state index in [2.05, 4.69) is 40.0 Å². The topological polar surface area (TPSA) is 71.4 Å². The summed E-state index contributed by atoms with van der Waals surface area (Å²) in [6.07, 6.45) is 0. The highest BCUT2D eigenvalue weighted by Crippen LogP contribution is 2.41. The number of anilines is 1. The number of benzene rings is 2. The predicted octanol–water partition coefficient (Wildman–Crippen LogP) is 3.62. The van der Waals surface area contributed by atoms with Crippen molar-refractivity contribution in [1.82, 2.24) is 24.4 Å². The number of halogens is 1. The maximum atomic E-state index is 6.10. The lowest BCUT2D eigenvalue weighted by Crippen LogP contribution is -2.44. The zero-order chi connectivity index (χ0) is 22.4. The molecule has 0 unspecified atom stereocenters. The molecule has 0 atom stereocenters. The molecular weight excluding hydrogens is 428 g/mol. The van der Waals surface area contributed by atoms with Gasteiger partial charge in [0, 0.05) is 38.9 Å². The number of hydrogen-bond donors (Lipinski definition) is 1. The highest BCUT2D eigenvalue weighted by atomic mass is 35.5. The molecule has 0 aliphatic carbocycles. The summed E-state index contributed by atoms with van der Waals surface area (Å²) in [6.45, 7) is 4.18. The molecule has 4 aromatic rings. The molecule has 1 fully saturated rings. The molecule has 32 heavy (non-hydrogen) atoms. The van der Waals surface area contributed by atoms with Crippen LogP contribution in [-0.4, -0.2) is 71.9 Å². The summed E-state index contributed by atoms with van der Waals surface area (Å²) < 4.78 is 13.4. The second-order valence-electron chi connectivity index (χ2n) is 8.15. The highest BCUT2D eigenvalue weighted by molar-refractivity contribution is 6.17. The maximum Gasteiger partial charge on any atom is 0.157 e. The molecule has 0 amide bonds. The van der Waals surface area contributed by atoms with Crippen molar-refractivity contribution < 1.29 is 9.47 Å². The molecule has 168 valence electrons. The van der Waals surface area contributed by atoms with Crippen LogP contribution in [0.1, 0.15) is 5.82 Å². The fourth-order valence-corrected chi connectivity index (χ4v) is 4.66. The van der Waals surface area contributed by atoms with Crippen LogP contribution in [-0.2, 0) is 12.9 Å².